The van der Waals surface area contributed by atoms with E-state index in [1.165, 1.54) is 36.9 Å². The molecule has 1 heterocycles. The first-order chi connectivity index (χ1) is 8.22. The Balaban J connectivity index is 2.08. The molecule has 0 saturated carbocycles. The highest BCUT2D eigenvalue weighted by molar-refractivity contribution is 5.25. The highest BCUT2D eigenvalue weighted by Gasteiger charge is 2.23. The van der Waals surface area contributed by atoms with Gasteiger partial charge < -0.3 is 5.32 Å². The number of pyridine rings is 1. The van der Waals surface area contributed by atoms with E-state index in [9.17, 15) is 0 Å². The molecule has 0 radical (unpaired) electrons. The van der Waals surface area contributed by atoms with Gasteiger partial charge in [0, 0.05) is 18.3 Å². The van der Waals surface area contributed by atoms with Crippen LogP contribution in [0.15, 0.2) is 18.3 Å². The molecular formula is C15H24N2. The molecule has 2 nitrogen and oxygen atoms in total. The molecule has 17 heavy (non-hydrogen) atoms. The first-order valence-electron chi connectivity index (χ1n) is 6.92. The monoisotopic (exact) mass is 232 g/mol. The van der Waals surface area contributed by atoms with Crippen LogP contribution in [-0.4, -0.2) is 11.0 Å². The van der Waals surface area contributed by atoms with Gasteiger partial charge in [-0.1, -0.05) is 26.3 Å². The summed E-state index contributed by atoms with van der Waals surface area (Å²) in [4.78, 5) is 4.58. The van der Waals surface area contributed by atoms with Gasteiger partial charge >= 0.3 is 0 Å². The third kappa shape index (κ3) is 2.86. The van der Waals surface area contributed by atoms with E-state index in [0.717, 1.165) is 5.92 Å². The molecule has 0 aliphatic heterocycles. The molecule has 1 aromatic heterocycles. The number of hydrogen-bond acceptors (Lipinski definition) is 2. The number of hydrogen-bond donors (Lipinski definition) is 1. The van der Waals surface area contributed by atoms with Crippen LogP contribution in [0.25, 0.3) is 0 Å². The number of fused-ring (bicyclic) bond motifs is 1. The van der Waals surface area contributed by atoms with E-state index in [1.54, 1.807) is 0 Å². The lowest BCUT2D eigenvalue weighted by Gasteiger charge is -2.30. The molecule has 0 aromatic carbocycles. The van der Waals surface area contributed by atoms with Gasteiger partial charge in [-0.3, -0.25) is 4.98 Å². The van der Waals surface area contributed by atoms with Gasteiger partial charge in [-0.15, -0.1) is 0 Å². The summed E-state index contributed by atoms with van der Waals surface area (Å²) in [5.74, 6) is 0.726. The van der Waals surface area contributed by atoms with E-state index in [1.807, 2.05) is 6.20 Å². The Morgan fingerprint density at radius 3 is 3.06 bits per heavy atom. The molecule has 0 fully saturated rings. The summed E-state index contributed by atoms with van der Waals surface area (Å²) in [6.07, 6.45) is 6.86. The lowest BCUT2D eigenvalue weighted by atomic mass is 9.90. The highest BCUT2D eigenvalue weighted by Crippen LogP contribution is 2.28. The van der Waals surface area contributed by atoms with Crippen molar-refractivity contribution in [1.29, 1.82) is 0 Å². The Labute approximate surface area is 105 Å². The molecule has 1 N–H and O–H groups in total. The minimum Gasteiger partial charge on any atom is -0.306 e. The number of aryl methyl sites for hydroxylation is 1. The van der Waals surface area contributed by atoms with Gasteiger partial charge in [0.15, 0.2) is 0 Å². The molecule has 2 heteroatoms. The third-order valence-electron chi connectivity index (χ3n) is 4.16. The topological polar surface area (TPSA) is 24.9 Å². The number of nitrogens with zero attached hydrogens (tertiary/aromatic N) is 1. The summed E-state index contributed by atoms with van der Waals surface area (Å²) in [5, 5.41) is 3.76. The number of nitrogens with one attached hydrogen (secondary N) is 1. The third-order valence-corrected chi connectivity index (χ3v) is 4.16. The molecule has 0 spiro atoms. The van der Waals surface area contributed by atoms with Crippen molar-refractivity contribution >= 4 is 0 Å². The smallest absolute Gasteiger partial charge is 0.0605 e. The molecular weight excluding hydrogens is 208 g/mol. The maximum atomic E-state index is 4.58. The largest absolute Gasteiger partial charge is 0.306 e. The predicted octanol–water partition coefficient (Wildman–Crippen LogP) is 3.48. The van der Waals surface area contributed by atoms with Gasteiger partial charge in [0.25, 0.3) is 0 Å². The fourth-order valence-corrected chi connectivity index (χ4v) is 2.61. The van der Waals surface area contributed by atoms with Crippen LogP contribution in [-0.2, 0) is 6.42 Å². The van der Waals surface area contributed by atoms with Gasteiger partial charge in [-0.2, -0.15) is 0 Å². The molecule has 1 aromatic rings. The maximum absolute atomic E-state index is 4.58. The lowest BCUT2D eigenvalue weighted by Crippen LogP contribution is -2.37. The van der Waals surface area contributed by atoms with Crippen molar-refractivity contribution in [2.75, 3.05) is 0 Å². The average Bonchev–Trinajstić information content (AvgIpc) is 2.38. The summed E-state index contributed by atoms with van der Waals surface area (Å²) < 4.78 is 0. The van der Waals surface area contributed by atoms with Crippen molar-refractivity contribution in [2.24, 2.45) is 5.92 Å². The molecule has 3 unspecified atom stereocenters. The van der Waals surface area contributed by atoms with Crippen LogP contribution in [0.2, 0.25) is 0 Å². The van der Waals surface area contributed by atoms with Crippen molar-refractivity contribution in [1.82, 2.24) is 10.3 Å². The quantitative estimate of drug-likeness (QED) is 0.859. The fourth-order valence-electron chi connectivity index (χ4n) is 2.61. The summed E-state index contributed by atoms with van der Waals surface area (Å²) in [7, 11) is 0. The molecule has 2 rings (SSSR count). The Hall–Kier alpha value is -0.890. The van der Waals surface area contributed by atoms with Crippen LogP contribution in [0.5, 0.6) is 0 Å². The van der Waals surface area contributed by atoms with E-state index >= 15 is 0 Å². The minimum absolute atomic E-state index is 0.462. The number of aromatic nitrogens is 1. The van der Waals surface area contributed by atoms with E-state index in [4.69, 9.17) is 0 Å². The van der Waals surface area contributed by atoms with Gasteiger partial charge in [0.05, 0.1) is 5.69 Å². The van der Waals surface area contributed by atoms with Gasteiger partial charge in [0.1, 0.15) is 0 Å². The number of rotatable bonds is 4. The molecule has 3 atom stereocenters. The van der Waals surface area contributed by atoms with Crippen LogP contribution >= 0.6 is 0 Å². The Morgan fingerprint density at radius 1 is 1.47 bits per heavy atom. The van der Waals surface area contributed by atoms with Crippen molar-refractivity contribution in [3.63, 3.8) is 0 Å². The second-order valence-corrected chi connectivity index (χ2v) is 5.33. The van der Waals surface area contributed by atoms with Gasteiger partial charge in [-0.25, -0.2) is 0 Å². The van der Waals surface area contributed by atoms with Crippen LogP contribution < -0.4 is 5.32 Å². The van der Waals surface area contributed by atoms with Gasteiger partial charge in [0.2, 0.25) is 0 Å². The summed E-state index contributed by atoms with van der Waals surface area (Å²) in [5.41, 5.74) is 2.72. The van der Waals surface area contributed by atoms with E-state index < -0.39 is 0 Å². The first kappa shape index (κ1) is 12.6. The SMILES string of the molecule is CCC(C)C(C)NC1CCCc2cccnc21. The van der Waals surface area contributed by atoms with Crippen LogP contribution in [0.1, 0.15) is 57.3 Å². The molecule has 0 saturated heterocycles. The Bertz CT molecular complexity index is 362. The Morgan fingerprint density at radius 2 is 2.29 bits per heavy atom. The molecule has 1 aliphatic rings. The zero-order valence-corrected chi connectivity index (χ0v) is 11.2. The summed E-state index contributed by atoms with van der Waals surface area (Å²) in [6.45, 7) is 6.88. The Kier molecular flexibility index (Phi) is 4.16. The summed E-state index contributed by atoms with van der Waals surface area (Å²) in [6, 6.07) is 5.31. The average molecular weight is 232 g/mol. The van der Waals surface area contributed by atoms with Crippen LogP contribution in [0.4, 0.5) is 0 Å². The highest BCUT2D eigenvalue weighted by atomic mass is 15.0. The zero-order chi connectivity index (χ0) is 12.3. The molecule has 0 bridgehead atoms. The predicted molar refractivity (Wildman–Crippen MR) is 72.0 cm³/mol. The van der Waals surface area contributed by atoms with Crippen molar-refractivity contribution in [2.45, 2.75) is 58.5 Å². The van der Waals surface area contributed by atoms with Crippen molar-refractivity contribution in [3.8, 4) is 0 Å². The maximum Gasteiger partial charge on any atom is 0.0605 e. The zero-order valence-electron chi connectivity index (χ0n) is 11.2. The van der Waals surface area contributed by atoms with E-state index in [0.29, 0.717) is 12.1 Å². The van der Waals surface area contributed by atoms with E-state index in [-0.39, 0.29) is 0 Å². The lowest BCUT2D eigenvalue weighted by molar-refractivity contribution is 0.326. The second-order valence-electron chi connectivity index (χ2n) is 5.33. The molecule has 94 valence electrons. The minimum atomic E-state index is 0.462. The van der Waals surface area contributed by atoms with Crippen LogP contribution in [0, 0.1) is 5.92 Å². The fraction of sp³-hybridized carbons (Fsp3) is 0.667. The normalized spacial score (nSPS) is 22.9. The molecule has 0 amide bonds. The standard InChI is InChI=1S/C15H24N2/c1-4-11(2)12(3)17-14-9-5-7-13-8-6-10-16-15(13)14/h6,8,10-12,14,17H,4-5,7,9H2,1-3H3. The first-order valence-corrected chi connectivity index (χ1v) is 6.92. The van der Waals surface area contributed by atoms with Gasteiger partial charge in [-0.05, 0) is 43.7 Å². The van der Waals surface area contributed by atoms with E-state index in [2.05, 4.69) is 43.2 Å². The molecule has 1 aliphatic carbocycles. The van der Waals surface area contributed by atoms with Crippen molar-refractivity contribution < 1.29 is 0 Å². The summed E-state index contributed by atoms with van der Waals surface area (Å²) >= 11 is 0. The van der Waals surface area contributed by atoms with Crippen LogP contribution in [0.3, 0.4) is 0 Å². The van der Waals surface area contributed by atoms with Crippen molar-refractivity contribution in [3.05, 3.63) is 29.6 Å². The second kappa shape index (κ2) is 5.63.